The first-order chi connectivity index (χ1) is 9.02. The zero-order valence-electron chi connectivity index (χ0n) is 11.5. The maximum atomic E-state index is 12.2. The third-order valence-corrected chi connectivity index (χ3v) is 4.88. The fraction of sp³-hybridized carbons (Fsp3) is 0.636. The van der Waals surface area contributed by atoms with Crippen molar-refractivity contribution in [3.63, 3.8) is 0 Å². The predicted molar refractivity (Wildman–Crippen MR) is 79.0 cm³/mol. The van der Waals surface area contributed by atoms with Gasteiger partial charge in [0.15, 0.2) is 0 Å². The molecule has 19 heavy (non-hydrogen) atoms. The maximum absolute atomic E-state index is 12.2. The van der Waals surface area contributed by atoms with Gasteiger partial charge in [-0.3, -0.25) is 0 Å². The number of aromatic nitrogens is 2. The third kappa shape index (κ3) is 4.63. The van der Waals surface area contributed by atoms with Gasteiger partial charge in [0.1, 0.15) is 4.90 Å². The van der Waals surface area contributed by atoms with Gasteiger partial charge in [0, 0.05) is 25.9 Å². The van der Waals surface area contributed by atoms with Crippen molar-refractivity contribution in [1.82, 2.24) is 14.3 Å². The number of anilines is 1. The van der Waals surface area contributed by atoms with Gasteiger partial charge in [-0.1, -0.05) is 6.92 Å². The summed E-state index contributed by atoms with van der Waals surface area (Å²) in [6.07, 6.45) is 5.59. The van der Waals surface area contributed by atoms with Crippen LogP contribution in [0.1, 0.15) is 13.3 Å². The van der Waals surface area contributed by atoms with Crippen LogP contribution in [-0.4, -0.2) is 54.8 Å². The standard InChI is InChI=1S/C11H20N4O2S2/c1-4-5-12-11-13-8-10(9-14-11)19(16,17)15(2)6-7-18-3/h8-9H,4-7H2,1-3H3,(H,12,13,14). The Bertz CT molecular complexity index is 476. The molecule has 6 nitrogen and oxygen atoms in total. The Morgan fingerprint density at radius 3 is 2.53 bits per heavy atom. The summed E-state index contributed by atoms with van der Waals surface area (Å²) >= 11 is 1.61. The van der Waals surface area contributed by atoms with Gasteiger partial charge in [-0.05, 0) is 12.7 Å². The van der Waals surface area contributed by atoms with Gasteiger partial charge >= 0.3 is 0 Å². The van der Waals surface area contributed by atoms with Crippen LogP contribution in [0, 0.1) is 0 Å². The van der Waals surface area contributed by atoms with Gasteiger partial charge in [0.2, 0.25) is 16.0 Å². The molecule has 0 fully saturated rings. The lowest BCUT2D eigenvalue weighted by molar-refractivity contribution is 0.488. The minimum Gasteiger partial charge on any atom is -0.354 e. The number of hydrogen-bond donors (Lipinski definition) is 1. The number of thioether (sulfide) groups is 1. The maximum Gasteiger partial charge on any atom is 0.245 e. The van der Waals surface area contributed by atoms with Crippen LogP contribution >= 0.6 is 11.8 Å². The number of hydrogen-bond acceptors (Lipinski definition) is 6. The third-order valence-electron chi connectivity index (χ3n) is 2.48. The van der Waals surface area contributed by atoms with E-state index >= 15 is 0 Å². The molecular formula is C11H20N4O2S2. The zero-order chi connectivity index (χ0) is 14.3. The van der Waals surface area contributed by atoms with Gasteiger partial charge in [0.25, 0.3) is 0 Å². The van der Waals surface area contributed by atoms with E-state index in [0.717, 1.165) is 18.7 Å². The van der Waals surface area contributed by atoms with Crippen molar-refractivity contribution in [3.8, 4) is 0 Å². The smallest absolute Gasteiger partial charge is 0.245 e. The average molecular weight is 304 g/mol. The molecular weight excluding hydrogens is 284 g/mol. The summed E-state index contributed by atoms with van der Waals surface area (Å²) in [6.45, 7) is 3.27. The molecule has 0 aromatic carbocycles. The van der Waals surface area contributed by atoms with E-state index in [-0.39, 0.29) is 4.90 Å². The summed E-state index contributed by atoms with van der Waals surface area (Å²) in [7, 11) is -1.92. The second kappa shape index (κ2) is 7.66. The summed E-state index contributed by atoms with van der Waals surface area (Å²) in [5.74, 6) is 1.21. The van der Waals surface area contributed by atoms with E-state index in [1.807, 2.05) is 13.2 Å². The normalized spacial score (nSPS) is 11.8. The summed E-state index contributed by atoms with van der Waals surface area (Å²) in [5.41, 5.74) is 0. The monoisotopic (exact) mass is 304 g/mol. The van der Waals surface area contributed by atoms with Crippen molar-refractivity contribution in [3.05, 3.63) is 12.4 Å². The second-order valence-corrected chi connectivity index (χ2v) is 7.02. The Morgan fingerprint density at radius 1 is 1.37 bits per heavy atom. The van der Waals surface area contributed by atoms with Gasteiger partial charge in [0.05, 0.1) is 12.4 Å². The minimum absolute atomic E-state index is 0.123. The fourth-order valence-corrected chi connectivity index (χ4v) is 2.93. The second-order valence-electron chi connectivity index (χ2n) is 3.99. The van der Waals surface area contributed by atoms with Gasteiger partial charge in [-0.2, -0.15) is 11.8 Å². The molecule has 1 N–H and O–H groups in total. The molecule has 0 bridgehead atoms. The zero-order valence-corrected chi connectivity index (χ0v) is 13.1. The summed E-state index contributed by atoms with van der Waals surface area (Å²) in [6, 6.07) is 0. The molecule has 0 radical (unpaired) electrons. The summed E-state index contributed by atoms with van der Waals surface area (Å²) < 4.78 is 25.7. The van der Waals surface area contributed by atoms with Crippen molar-refractivity contribution in [2.24, 2.45) is 0 Å². The lowest BCUT2D eigenvalue weighted by Crippen LogP contribution is -2.29. The lowest BCUT2D eigenvalue weighted by Gasteiger charge is -2.16. The van der Waals surface area contributed by atoms with Crippen LogP contribution in [0.2, 0.25) is 0 Å². The molecule has 1 heterocycles. The Hall–Kier alpha value is -0.860. The van der Waals surface area contributed by atoms with E-state index in [4.69, 9.17) is 0 Å². The molecule has 0 amide bonds. The van der Waals surface area contributed by atoms with Crippen LogP contribution in [-0.2, 0) is 10.0 Å². The molecule has 1 aromatic rings. The molecule has 0 aliphatic carbocycles. The first kappa shape index (κ1) is 16.2. The van der Waals surface area contributed by atoms with E-state index in [0.29, 0.717) is 12.5 Å². The number of nitrogens with one attached hydrogen (secondary N) is 1. The lowest BCUT2D eigenvalue weighted by atomic mass is 10.5. The predicted octanol–water partition coefficient (Wildman–Crippen LogP) is 1.28. The highest BCUT2D eigenvalue weighted by molar-refractivity contribution is 7.98. The molecule has 1 rings (SSSR count). The van der Waals surface area contributed by atoms with Crippen LogP contribution < -0.4 is 5.32 Å². The SMILES string of the molecule is CCCNc1ncc(S(=O)(=O)N(C)CCSC)cn1. The Morgan fingerprint density at radius 2 is 2.00 bits per heavy atom. The highest BCUT2D eigenvalue weighted by Gasteiger charge is 2.21. The molecule has 8 heteroatoms. The van der Waals surface area contributed by atoms with E-state index in [1.54, 1.807) is 18.8 Å². The molecule has 0 spiro atoms. The number of rotatable bonds is 8. The molecule has 108 valence electrons. The average Bonchev–Trinajstić information content (AvgIpc) is 2.42. The van der Waals surface area contributed by atoms with Gasteiger partial charge in [-0.25, -0.2) is 22.7 Å². The first-order valence-corrected chi connectivity index (χ1v) is 8.87. The van der Waals surface area contributed by atoms with Crippen molar-refractivity contribution in [2.45, 2.75) is 18.2 Å². The summed E-state index contributed by atoms with van der Waals surface area (Å²) in [4.78, 5) is 8.15. The molecule has 0 unspecified atom stereocenters. The van der Waals surface area contributed by atoms with Crippen molar-refractivity contribution in [1.29, 1.82) is 0 Å². The van der Waals surface area contributed by atoms with E-state index in [9.17, 15) is 8.42 Å². The number of nitrogens with zero attached hydrogens (tertiary/aromatic N) is 3. The Kier molecular flexibility index (Phi) is 6.53. The first-order valence-electron chi connectivity index (χ1n) is 6.03. The van der Waals surface area contributed by atoms with Crippen LogP contribution in [0.3, 0.4) is 0 Å². The molecule has 0 aliphatic rings. The highest BCUT2D eigenvalue weighted by Crippen LogP contribution is 2.13. The Labute approximate surface area is 119 Å². The van der Waals surface area contributed by atoms with Crippen molar-refractivity contribution < 1.29 is 8.42 Å². The molecule has 0 saturated heterocycles. The fourth-order valence-electron chi connectivity index (χ4n) is 1.30. The van der Waals surface area contributed by atoms with Crippen molar-refractivity contribution in [2.75, 3.05) is 37.5 Å². The van der Waals surface area contributed by atoms with Crippen molar-refractivity contribution >= 4 is 27.7 Å². The van der Waals surface area contributed by atoms with Crippen LogP contribution in [0.15, 0.2) is 17.3 Å². The van der Waals surface area contributed by atoms with Gasteiger partial charge < -0.3 is 5.32 Å². The highest BCUT2D eigenvalue weighted by atomic mass is 32.2. The van der Waals surface area contributed by atoms with E-state index < -0.39 is 10.0 Å². The molecule has 0 aliphatic heterocycles. The molecule has 0 atom stereocenters. The summed E-state index contributed by atoms with van der Waals surface area (Å²) in [5, 5.41) is 3.00. The number of sulfonamides is 1. The van der Waals surface area contributed by atoms with Crippen LogP contribution in [0.5, 0.6) is 0 Å². The molecule has 1 aromatic heterocycles. The van der Waals surface area contributed by atoms with E-state index in [1.165, 1.54) is 16.7 Å². The van der Waals surface area contributed by atoms with Gasteiger partial charge in [-0.15, -0.1) is 0 Å². The largest absolute Gasteiger partial charge is 0.354 e. The van der Waals surface area contributed by atoms with E-state index in [2.05, 4.69) is 15.3 Å². The molecule has 0 saturated carbocycles. The quantitative estimate of drug-likeness (QED) is 0.780. The minimum atomic E-state index is -3.48. The van der Waals surface area contributed by atoms with Crippen LogP contribution in [0.4, 0.5) is 5.95 Å². The topological polar surface area (TPSA) is 75.2 Å². The Balaban J connectivity index is 2.78. The van der Waals surface area contributed by atoms with Crippen LogP contribution in [0.25, 0.3) is 0 Å².